The molecular formula is C12H10F2N2O5S. The zero-order valence-electron chi connectivity index (χ0n) is 11.3. The minimum atomic E-state index is -4.23. The summed E-state index contributed by atoms with van der Waals surface area (Å²) < 4.78 is 51.6. The summed E-state index contributed by atoms with van der Waals surface area (Å²) in [5, 5.41) is 22.2. The topological polar surface area (TPSA) is 109 Å². The maximum atomic E-state index is 14.0. The standard InChI is InChI=1S/C12H10F2N2O5S/c1-16-8(4-7(15-16)12(18)19)5-3-6(13)11(22(2,20)21)9(14)10(5)17/h3-4,17H,1-2H3,(H,18,19). The summed E-state index contributed by atoms with van der Waals surface area (Å²) in [5.41, 5.74) is -0.900. The van der Waals surface area contributed by atoms with Crippen LogP contribution >= 0.6 is 0 Å². The van der Waals surface area contributed by atoms with Crippen molar-refractivity contribution in [1.29, 1.82) is 0 Å². The van der Waals surface area contributed by atoms with Crippen LogP contribution in [0.2, 0.25) is 0 Å². The molecule has 7 nitrogen and oxygen atoms in total. The normalized spacial score (nSPS) is 11.6. The predicted molar refractivity (Wildman–Crippen MR) is 70.3 cm³/mol. The van der Waals surface area contributed by atoms with Crippen molar-refractivity contribution in [3.05, 3.63) is 29.5 Å². The molecule has 10 heteroatoms. The number of halogens is 2. The molecule has 0 aliphatic rings. The van der Waals surface area contributed by atoms with Crippen LogP contribution in [0.4, 0.5) is 8.78 Å². The second-order valence-corrected chi connectivity index (χ2v) is 6.47. The lowest BCUT2D eigenvalue weighted by Gasteiger charge is -2.10. The first-order valence-corrected chi connectivity index (χ1v) is 7.62. The molecule has 0 aliphatic carbocycles. The third kappa shape index (κ3) is 2.52. The Bertz CT molecular complexity index is 889. The minimum Gasteiger partial charge on any atom is -0.504 e. The van der Waals surface area contributed by atoms with Crippen molar-refractivity contribution in [2.45, 2.75) is 4.90 Å². The smallest absolute Gasteiger partial charge is 0.356 e. The second-order valence-electron chi connectivity index (χ2n) is 4.51. The molecule has 0 saturated carbocycles. The highest BCUT2D eigenvalue weighted by Gasteiger charge is 2.27. The Morgan fingerprint density at radius 1 is 1.32 bits per heavy atom. The van der Waals surface area contributed by atoms with Crippen LogP contribution in [-0.2, 0) is 16.9 Å². The Kier molecular flexibility index (Phi) is 3.65. The summed E-state index contributed by atoms with van der Waals surface area (Å²) >= 11 is 0. The van der Waals surface area contributed by atoms with Crippen molar-refractivity contribution >= 4 is 15.8 Å². The molecule has 118 valence electrons. The molecule has 0 atom stereocenters. The number of benzene rings is 1. The zero-order chi connectivity index (χ0) is 16.8. The number of aromatic hydroxyl groups is 1. The molecule has 2 aromatic rings. The number of hydrogen-bond acceptors (Lipinski definition) is 5. The van der Waals surface area contributed by atoms with Gasteiger partial charge in [0.25, 0.3) is 0 Å². The van der Waals surface area contributed by atoms with Gasteiger partial charge in [0.1, 0.15) is 10.7 Å². The highest BCUT2D eigenvalue weighted by molar-refractivity contribution is 7.90. The van der Waals surface area contributed by atoms with E-state index in [0.29, 0.717) is 12.3 Å². The van der Waals surface area contributed by atoms with Crippen molar-refractivity contribution in [3.8, 4) is 17.0 Å². The van der Waals surface area contributed by atoms with E-state index in [1.54, 1.807) is 0 Å². The molecule has 0 bridgehead atoms. The second kappa shape index (κ2) is 5.05. The van der Waals surface area contributed by atoms with Gasteiger partial charge in [-0.25, -0.2) is 22.0 Å². The van der Waals surface area contributed by atoms with Gasteiger partial charge in [-0.2, -0.15) is 5.10 Å². The van der Waals surface area contributed by atoms with E-state index in [1.165, 1.54) is 7.05 Å². The van der Waals surface area contributed by atoms with Gasteiger partial charge in [0, 0.05) is 18.9 Å². The third-order valence-electron chi connectivity index (χ3n) is 2.90. The first-order chi connectivity index (χ1) is 10.0. The number of phenolic OH excluding ortho intramolecular Hbond substituents is 1. The number of aryl methyl sites for hydroxylation is 1. The van der Waals surface area contributed by atoms with Crippen LogP contribution in [0.5, 0.6) is 5.75 Å². The number of carboxylic acid groups (broad SMARTS) is 1. The van der Waals surface area contributed by atoms with E-state index in [0.717, 1.165) is 10.7 Å². The SMILES string of the molecule is Cn1nc(C(=O)O)cc1-c1cc(F)c(S(C)(=O)=O)c(F)c1O. The van der Waals surface area contributed by atoms with E-state index in [2.05, 4.69) is 5.10 Å². The third-order valence-corrected chi connectivity index (χ3v) is 4.01. The van der Waals surface area contributed by atoms with Gasteiger partial charge in [0.15, 0.2) is 27.1 Å². The average molecular weight is 332 g/mol. The van der Waals surface area contributed by atoms with Crippen LogP contribution < -0.4 is 0 Å². The van der Waals surface area contributed by atoms with Crippen molar-refractivity contribution in [1.82, 2.24) is 9.78 Å². The molecule has 0 radical (unpaired) electrons. The van der Waals surface area contributed by atoms with E-state index in [4.69, 9.17) is 5.11 Å². The average Bonchev–Trinajstić information content (AvgIpc) is 2.74. The maximum absolute atomic E-state index is 14.0. The van der Waals surface area contributed by atoms with Crippen molar-refractivity contribution in [2.75, 3.05) is 6.26 Å². The van der Waals surface area contributed by atoms with E-state index in [9.17, 15) is 27.1 Å². The zero-order valence-corrected chi connectivity index (χ0v) is 12.1. The fourth-order valence-corrected chi connectivity index (χ4v) is 2.79. The van der Waals surface area contributed by atoms with Gasteiger partial charge in [-0.3, -0.25) is 4.68 Å². The lowest BCUT2D eigenvalue weighted by molar-refractivity contribution is 0.0689. The van der Waals surface area contributed by atoms with Gasteiger partial charge >= 0.3 is 5.97 Å². The quantitative estimate of drug-likeness (QED) is 0.873. The molecule has 2 rings (SSSR count). The summed E-state index contributed by atoms with van der Waals surface area (Å²) in [7, 11) is -2.92. The van der Waals surface area contributed by atoms with E-state index in [1.807, 2.05) is 0 Å². The van der Waals surface area contributed by atoms with Crippen molar-refractivity contribution < 1.29 is 32.2 Å². The van der Waals surface area contributed by atoms with Crippen LogP contribution in [0.3, 0.4) is 0 Å². The number of hydrogen-bond donors (Lipinski definition) is 2. The van der Waals surface area contributed by atoms with E-state index < -0.39 is 49.3 Å². The Morgan fingerprint density at radius 3 is 2.36 bits per heavy atom. The molecule has 1 aromatic carbocycles. The van der Waals surface area contributed by atoms with E-state index >= 15 is 0 Å². The molecule has 0 saturated heterocycles. The fourth-order valence-electron chi connectivity index (χ4n) is 1.95. The number of carboxylic acids is 1. The first-order valence-electron chi connectivity index (χ1n) is 5.72. The van der Waals surface area contributed by atoms with Crippen LogP contribution in [0, 0.1) is 11.6 Å². The van der Waals surface area contributed by atoms with Crippen LogP contribution in [0.25, 0.3) is 11.3 Å². The number of aromatic carboxylic acids is 1. The Hall–Kier alpha value is -2.49. The van der Waals surface area contributed by atoms with Gasteiger partial charge < -0.3 is 10.2 Å². The highest BCUT2D eigenvalue weighted by Crippen LogP contribution is 2.36. The Labute approximate surface area is 123 Å². The lowest BCUT2D eigenvalue weighted by Crippen LogP contribution is -2.06. The maximum Gasteiger partial charge on any atom is 0.356 e. The van der Waals surface area contributed by atoms with Crippen LogP contribution in [0.15, 0.2) is 17.0 Å². The largest absolute Gasteiger partial charge is 0.504 e. The van der Waals surface area contributed by atoms with Crippen molar-refractivity contribution in [2.24, 2.45) is 7.05 Å². The summed E-state index contributed by atoms with van der Waals surface area (Å²) in [6.45, 7) is 0. The molecule has 2 N–H and O–H groups in total. The summed E-state index contributed by atoms with van der Waals surface area (Å²) in [6, 6.07) is 1.60. The molecule has 0 amide bonds. The fraction of sp³-hybridized carbons (Fsp3) is 0.167. The summed E-state index contributed by atoms with van der Waals surface area (Å²) in [4.78, 5) is 9.58. The lowest BCUT2D eigenvalue weighted by atomic mass is 10.1. The number of rotatable bonds is 3. The Balaban J connectivity index is 2.77. The number of carbonyl (C=O) groups is 1. The molecular weight excluding hydrogens is 322 g/mol. The summed E-state index contributed by atoms with van der Waals surface area (Å²) in [6.07, 6.45) is 0.597. The van der Waals surface area contributed by atoms with Gasteiger partial charge in [-0.15, -0.1) is 0 Å². The summed E-state index contributed by atoms with van der Waals surface area (Å²) in [5.74, 6) is -5.52. The highest BCUT2D eigenvalue weighted by atomic mass is 32.2. The molecule has 0 unspecified atom stereocenters. The van der Waals surface area contributed by atoms with Gasteiger partial charge in [-0.1, -0.05) is 0 Å². The predicted octanol–water partition coefficient (Wildman–Crippen LogP) is 1.17. The number of sulfone groups is 1. The van der Waals surface area contributed by atoms with Gasteiger partial charge in [0.05, 0.1) is 5.69 Å². The van der Waals surface area contributed by atoms with Crippen molar-refractivity contribution in [3.63, 3.8) is 0 Å². The van der Waals surface area contributed by atoms with Crippen LogP contribution in [-0.4, -0.2) is 40.6 Å². The Morgan fingerprint density at radius 2 is 1.91 bits per heavy atom. The molecule has 1 heterocycles. The van der Waals surface area contributed by atoms with E-state index in [-0.39, 0.29) is 5.69 Å². The number of phenols is 1. The molecule has 22 heavy (non-hydrogen) atoms. The molecule has 0 fully saturated rings. The first kappa shape index (κ1) is 15.9. The molecule has 1 aromatic heterocycles. The van der Waals surface area contributed by atoms with Gasteiger partial charge in [0.2, 0.25) is 0 Å². The number of aromatic nitrogens is 2. The molecule has 0 aliphatic heterocycles. The number of nitrogens with zero attached hydrogens (tertiary/aromatic N) is 2. The van der Waals surface area contributed by atoms with Gasteiger partial charge in [-0.05, 0) is 12.1 Å². The minimum absolute atomic E-state index is 0.0900. The molecule has 0 spiro atoms. The monoisotopic (exact) mass is 332 g/mol. The van der Waals surface area contributed by atoms with Crippen LogP contribution in [0.1, 0.15) is 10.5 Å².